The molecule has 0 N–H and O–H groups in total. The molecule has 0 unspecified atom stereocenters. The fraction of sp³-hybridized carbons (Fsp3) is 0.385. The van der Waals surface area contributed by atoms with Crippen molar-refractivity contribution in [2.45, 2.75) is 18.8 Å². The van der Waals surface area contributed by atoms with Crippen molar-refractivity contribution in [1.29, 1.82) is 0 Å². The quantitative estimate of drug-likeness (QED) is 0.605. The molecular formula is C26H27ClN4O2S. The van der Waals surface area contributed by atoms with Crippen LogP contribution in [0.1, 0.15) is 29.9 Å². The van der Waals surface area contributed by atoms with E-state index in [-0.39, 0.29) is 12.5 Å². The maximum Gasteiger partial charge on any atom is 0.265 e. The van der Waals surface area contributed by atoms with Crippen molar-refractivity contribution < 1.29 is 9.53 Å². The number of fused-ring (bicyclic) bond motifs is 2. The maximum atomic E-state index is 12.9. The Morgan fingerprint density at radius 2 is 1.91 bits per heavy atom. The van der Waals surface area contributed by atoms with Crippen LogP contribution in [-0.2, 0) is 4.79 Å². The van der Waals surface area contributed by atoms with Crippen LogP contribution in [0.15, 0.2) is 52.9 Å². The van der Waals surface area contributed by atoms with Crippen LogP contribution in [0.2, 0.25) is 5.02 Å². The van der Waals surface area contributed by atoms with Crippen LogP contribution in [0, 0.1) is 0 Å². The molecule has 0 spiro atoms. The number of ether oxygens (including phenoxy) is 1. The second kappa shape index (κ2) is 9.29. The van der Waals surface area contributed by atoms with Crippen molar-refractivity contribution in [3.8, 4) is 5.75 Å². The van der Waals surface area contributed by atoms with E-state index < -0.39 is 0 Å². The lowest BCUT2D eigenvalue weighted by Gasteiger charge is -2.36. The molecule has 0 bridgehead atoms. The predicted molar refractivity (Wildman–Crippen MR) is 139 cm³/mol. The number of likely N-dealkylation sites (tertiary alicyclic amines) is 1. The van der Waals surface area contributed by atoms with Gasteiger partial charge in [-0.25, -0.2) is 0 Å². The van der Waals surface area contributed by atoms with Crippen molar-refractivity contribution >= 4 is 45.8 Å². The highest BCUT2D eigenvalue weighted by Crippen LogP contribution is 2.45. The first kappa shape index (κ1) is 22.0. The van der Waals surface area contributed by atoms with Gasteiger partial charge in [0.25, 0.3) is 5.91 Å². The highest BCUT2D eigenvalue weighted by atomic mass is 35.5. The van der Waals surface area contributed by atoms with E-state index in [1.54, 1.807) is 11.8 Å². The maximum absolute atomic E-state index is 12.9. The number of aliphatic imine (C=N–C) groups is 1. The van der Waals surface area contributed by atoms with Gasteiger partial charge in [-0.15, -0.1) is 0 Å². The number of benzene rings is 2. The molecule has 6 nitrogen and oxygen atoms in total. The number of anilines is 1. The molecule has 8 heteroatoms. The van der Waals surface area contributed by atoms with Crippen molar-refractivity contribution in [1.82, 2.24) is 9.80 Å². The number of piperidine rings is 1. The van der Waals surface area contributed by atoms with E-state index in [9.17, 15) is 4.79 Å². The number of carbonyl (C=O) groups excluding carboxylic acids is 1. The summed E-state index contributed by atoms with van der Waals surface area (Å²) in [5.74, 6) is 1.35. The Morgan fingerprint density at radius 3 is 2.74 bits per heavy atom. The molecule has 0 aromatic heterocycles. The Hall–Kier alpha value is -2.48. The minimum Gasteiger partial charge on any atom is -0.481 e. The van der Waals surface area contributed by atoms with E-state index in [0.29, 0.717) is 17.5 Å². The van der Waals surface area contributed by atoms with Gasteiger partial charge in [0.1, 0.15) is 0 Å². The highest BCUT2D eigenvalue weighted by molar-refractivity contribution is 8.16. The van der Waals surface area contributed by atoms with Crippen molar-refractivity contribution in [2.24, 2.45) is 4.99 Å². The van der Waals surface area contributed by atoms with Crippen LogP contribution in [0.25, 0.3) is 5.70 Å². The minimum atomic E-state index is -0.0157. The molecule has 0 atom stereocenters. The normalized spacial score (nSPS) is 20.7. The zero-order valence-corrected chi connectivity index (χ0v) is 20.5. The third-order valence-corrected chi connectivity index (χ3v) is 8.23. The van der Waals surface area contributed by atoms with Crippen LogP contribution >= 0.6 is 23.4 Å². The number of carbonyl (C=O) groups is 1. The summed E-state index contributed by atoms with van der Waals surface area (Å²) in [6.45, 7) is 5.29. The number of hydrogen-bond donors (Lipinski definition) is 0. The van der Waals surface area contributed by atoms with E-state index >= 15 is 0 Å². The zero-order valence-electron chi connectivity index (χ0n) is 19.0. The molecule has 6 rings (SSSR count). The van der Waals surface area contributed by atoms with Crippen LogP contribution in [0.3, 0.4) is 0 Å². The Labute approximate surface area is 209 Å². The van der Waals surface area contributed by atoms with Crippen molar-refractivity contribution in [2.75, 3.05) is 50.8 Å². The van der Waals surface area contributed by atoms with Crippen LogP contribution in [-0.4, -0.2) is 66.8 Å². The highest BCUT2D eigenvalue weighted by Gasteiger charge is 2.34. The SMILES string of the molecule is O=C1COc2c(C3=CSC4=NCCN34)cc(Cl)cc2N1CCN1CCC(c2ccccc2)CC1. The van der Waals surface area contributed by atoms with Gasteiger partial charge in [0.05, 0.1) is 17.9 Å². The number of nitrogens with zero attached hydrogens (tertiary/aromatic N) is 4. The summed E-state index contributed by atoms with van der Waals surface area (Å²) < 4.78 is 5.99. The first-order valence-corrected chi connectivity index (χ1v) is 13.2. The van der Waals surface area contributed by atoms with Gasteiger partial charge in [0.15, 0.2) is 17.5 Å². The first-order chi connectivity index (χ1) is 16.7. The molecule has 0 radical (unpaired) electrons. The average molecular weight is 495 g/mol. The van der Waals surface area contributed by atoms with E-state index in [2.05, 4.69) is 50.5 Å². The molecule has 1 saturated heterocycles. The van der Waals surface area contributed by atoms with Gasteiger partial charge in [-0.1, -0.05) is 53.7 Å². The predicted octanol–water partition coefficient (Wildman–Crippen LogP) is 4.66. The molecule has 34 heavy (non-hydrogen) atoms. The van der Waals surface area contributed by atoms with Crippen LogP contribution < -0.4 is 9.64 Å². The smallest absolute Gasteiger partial charge is 0.265 e. The third kappa shape index (κ3) is 4.10. The minimum absolute atomic E-state index is 0.0157. The largest absolute Gasteiger partial charge is 0.481 e. The van der Waals surface area contributed by atoms with E-state index in [1.807, 2.05) is 17.0 Å². The topological polar surface area (TPSA) is 48.4 Å². The van der Waals surface area contributed by atoms with Crippen LogP contribution in [0.4, 0.5) is 5.69 Å². The molecule has 0 aliphatic carbocycles. The van der Waals surface area contributed by atoms with Crippen molar-refractivity contribution in [3.05, 3.63) is 64.0 Å². The summed E-state index contributed by atoms with van der Waals surface area (Å²) in [7, 11) is 0. The number of hydrogen-bond acceptors (Lipinski definition) is 6. The lowest BCUT2D eigenvalue weighted by atomic mass is 9.89. The molecule has 4 aliphatic heterocycles. The Morgan fingerprint density at radius 1 is 1.09 bits per heavy atom. The first-order valence-electron chi connectivity index (χ1n) is 11.9. The molecule has 176 valence electrons. The molecule has 1 fully saturated rings. The zero-order chi connectivity index (χ0) is 23.1. The van der Waals surface area contributed by atoms with Gasteiger partial charge in [-0.3, -0.25) is 9.79 Å². The van der Waals surface area contributed by atoms with E-state index in [1.165, 1.54) is 5.56 Å². The lowest BCUT2D eigenvalue weighted by Crippen LogP contribution is -2.45. The van der Waals surface area contributed by atoms with Gasteiger partial charge in [0.2, 0.25) is 0 Å². The molecule has 4 aliphatic rings. The number of thioether (sulfide) groups is 1. The summed E-state index contributed by atoms with van der Waals surface area (Å²) in [6.07, 6.45) is 2.30. The molecule has 2 aromatic rings. The lowest BCUT2D eigenvalue weighted by molar-refractivity contribution is -0.121. The Kier molecular flexibility index (Phi) is 6.01. The van der Waals surface area contributed by atoms with Crippen LogP contribution in [0.5, 0.6) is 5.75 Å². The monoisotopic (exact) mass is 494 g/mol. The third-order valence-electron chi connectivity index (χ3n) is 7.11. The summed E-state index contributed by atoms with van der Waals surface area (Å²) >= 11 is 8.18. The molecule has 2 aromatic carbocycles. The summed E-state index contributed by atoms with van der Waals surface area (Å²) in [6, 6.07) is 14.6. The number of amides is 1. The summed E-state index contributed by atoms with van der Waals surface area (Å²) in [5.41, 5.74) is 4.20. The number of halogens is 1. The standard InChI is InChI=1S/C26H27ClN4O2S/c27-20-14-21(23-17-34-26-28-8-11-31(23)26)25-22(15-20)30(24(32)16-33-25)13-12-29-9-6-19(7-10-29)18-4-2-1-3-5-18/h1-5,14-15,17,19H,6-13,16H2. The molecule has 1 amide bonds. The number of amidine groups is 1. The van der Waals surface area contributed by atoms with Gasteiger partial charge < -0.3 is 19.4 Å². The fourth-order valence-corrected chi connectivity index (χ4v) is 6.47. The van der Waals surface area contributed by atoms with E-state index in [4.69, 9.17) is 16.3 Å². The summed E-state index contributed by atoms with van der Waals surface area (Å²) in [5, 5.41) is 3.73. The molecular weight excluding hydrogens is 468 g/mol. The fourth-order valence-electron chi connectivity index (χ4n) is 5.30. The van der Waals surface area contributed by atoms with Gasteiger partial charge in [0, 0.05) is 35.6 Å². The summed E-state index contributed by atoms with van der Waals surface area (Å²) in [4.78, 5) is 24.0. The van der Waals surface area contributed by atoms with E-state index in [0.717, 1.165) is 73.4 Å². The average Bonchev–Trinajstić information content (AvgIpc) is 3.48. The molecule has 4 heterocycles. The molecule has 0 saturated carbocycles. The van der Waals surface area contributed by atoms with Crippen molar-refractivity contribution in [3.63, 3.8) is 0 Å². The van der Waals surface area contributed by atoms with Gasteiger partial charge in [-0.05, 0) is 49.5 Å². The second-order valence-corrected chi connectivity index (χ2v) is 10.4. The Balaban J connectivity index is 1.17. The van der Waals surface area contributed by atoms with Gasteiger partial charge in [-0.2, -0.15) is 0 Å². The second-order valence-electron chi connectivity index (χ2n) is 9.10. The Bertz CT molecular complexity index is 1160. The van der Waals surface area contributed by atoms with Gasteiger partial charge >= 0.3 is 0 Å². The number of rotatable bonds is 5.